The molecule has 2 N–H and O–H groups in total. The van der Waals surface area contributed by atoms with Gasteiger partial charge in [0.05, 0.1) is 11.4 Å². The van der Waals surface area contributed by atoms with Crippen molar-refractivity contribution in [2.75, 3.05) is 23.7 Å². The van der Waals surface area contributed by atoms with E-state index in [0.717, 1.165) is 31.1 Å². The second-order valence-corrected chi connectivity index (χ2v) is 4.90. The van der Waals surface area contributed by atoms with Gasteiger partial charge in [-0.1, -0.05) is 39.3 Å². The molecule has 0 aliphatic carbocycles. The molecule has 1 aromatic carbocycles. The highest BCUT2D eigenvalue weighted by Crippen LogP contribution is 2.24. The van der Waals surface area contributed by atoms with Crippen LogP contribution in [0, 0.1) is 5.92 Å². The summed E-state index contributed by atoms with van der Waals surface area (Å²) in [6.07, 6.45) is 3.70. The maximum Gasteiger partial charge on any atom is 0.0600 e. The van der Waals surface area contributed by atoms with E-state index in [9.17, 15) is 0 Å². The Labute approximate surface area is 106 Å². The lowest BCUT2D eigenvalue weighted by atomic mass is 10.0. The molecule has 0 aliphatic heterocycles. The number of anilines is 2. The van der Waals surface area contributed by atoms with Crippen LogP contribution in [0.2, 0.25) is 0 Å². The van der Waals surface area contributed by atoms with Crippen molar-refractivity contribution < 1.29 is 0 Å². The molecule has 2 heteroatoms. The minimum atomic E-state index is 0.728. The van der Waals surface area contributed by atoms with Crippen molar-refractivity contribution in [3.63, 3.8) is 0 Å². The Balaban J connectivity index is 2.75. The lowest BCUT2D eigenvalue weighted by Gasteiger charge is -2.28. The Kier molecular flexibility index (Phi) is 5.88. The van der Waals surface area contributed by atoms with E-state index in [0.29, 0.717) is 0 Å². The Bertz CT molecular complexity index is 322. The first-order chi connectivity index (χ1) is 8.19. The zero-order chi connectivity index (χ0) is 12.7. The van der Waals surface area contributed by atoms with Crippen LogP contribution in [0.3, 0.4) is 0 Å². The standard InChI is InChI=1S/C15H26N2/c1-4-8-13(3)12-17(11-5-2)15-10-7-6-9-14(15)16/h6-7,9-10,13H,4-5,8,11-12,16H2,1-3H3. The molecule has 0 amide bonds. The predicted octanol–water partition coefficient (Wildman–Crippen LogP) is 3.92. The van der Waals surface area contributed by atoms with Crippen LogP contribution in [0.25, 0.3) is 0 Å². The fourth-order valence-corrected chi connectivity index (χ4v) is 2.32. The summed E-state index contributed by atoms with van der Waals surface area (Å²) >= 11 is 0. The van der Waals surface area contributed by atoms with Gasteiger partial charge in [-0.3, -0.25) is 0 Å². The Morgan fingerprint density at radius 3 is 2.47 bits per heavy atom. The highest BCUT2D eigenvalue weighted by Gasteiger charge is 2.11. The van der Waals surface area contributed by atoms with E-state index in [1.807, 2.05) is 12.1 Å². The van der Waals surface area contributed by atoms with Crippen molar-refractivity contribution in [2.45, 2.75) is 40.0 Å². The predicted molar refractivity (Wildman–Crippen MR) is 77.4 cm³/mol. The summed E-state index contributed by atoms with van der Waals surface area (Å²) in [5.74, 6) is 0.728. The van der Waals surface area contributed by atoms with E-state index in [-0.39, 0.29) is 0 Å². The molecule has 2 nitrogen and oxygen atoms in total. The summed E-state index contributed by atoms with van der Waals surface area (Å²) in [6.45, 7) is 8.98. The maximum atomic E-state index is 6.06. The molecule has 0 aliphatic rings. The normalized spacial score (nSPS) is 12.4. The molecule has 1 unspecified atom stereocenters. The number of rotatable bonds is 7. The maximum absolute atomic E-state index is 6.06. The van der Waals surface area contributed by atoms with Crippen molar-refractivity contribution in [3.8, 4) is 0 Å². The summed E-state index contributed by atoms with van der Waals surface area (Å²) < 4.78 is 0. The minimum Gasteiger partial charge on any atom is -0.397 e. The molecular weight excluding hydrogens is 208 g/mol. The van der Waals surface area contributed by atoms with Crippen molar-refractivity contribution in [2.24, 2.45) is 5.92 Å². The van der Waals surface area contributed by atoms with Crippen LogP contribution >= 0.6 is 0 Å². The molecule has 0 spiro atoms. The van der Waals surface area contributed by atoms with Gasteiger partial charge in [0.15, 0.2) is 0 Å². The van der Waals surface area contributed by atoms with Crippen LogP contribution < -0.4 is 10.6 Å². The fourth-order valence-electron chi connectivity index (χ4n) is 2.32. The van der Waals surface area contributed by atoms with Crippen LogP contribution in [-0.2, 0) is 0 Å². The van der Waals surface area contributed by atoms with Gasteiger partial charge in [-0.2, -0.15) is 0 Å². The number of nitrogens with two attached hydrogens (primary N) is 1. The van der Waals surface area contributed by atoms with E-state index in [1.165, 1.54) is 18.5 Å². The fraction of sp³-hybridized carbons (Fsp3) is 0.600. The monoisotopic (exact) mass is 234 g/mol. The molecular formula is C15H26N2. The summed E-state index contributed by atoms with van der Waals surface area (Å²) in [6, 6.07) is 8.18. The Morgan fingerprint density at radius 1 is 1.18 bits per heavy atom. The third-order valence-corrected chi connectivity index (χ3v) is 3.08. The average molecular weight is 234 g/mol. The molecule has 0 radical (unpaired) electrons. The number of benzene rings is 1. The highest BCUT2D eigenvalue weighted by molar-refractivity contribution is 5.67. The molecule has 1 atom stereocenters. The topological polar surface area (TPSA) is 29.3 Å². The minimum absolute atomic E-state index is 0.728. The van der Waals surface area contributed by atoms with Crippen LogP contribution in [0.1, 0.15) is 40.0 Å². The number of nitrogens with zero attached hydrogens (tertiary/aromatic N) is 1. The number of hydrogen-bond acceptors (Lipinski definition) is 2. The number of para-hydroxylation sites is 2. The van der Waals surface area contributed by atoms with E-state index in [4.69, 9.17) is 5.73 Å². The van der Waals surface area contributed by atoms with Gasteiger partial charge in [0.25, 0.3) is 0 Å². The number of hydrogen-bond donors (Lipinski definition) is 1. The molecule has 0 fully saturated rings. The summed E-state index contributed by atoms with van der Waals surface area (Å²) in [7, 11) is 0. The van der Waals surface area contributed by atoms with Crippen molar-refractivity contribution in [1.29, 1.82) is 0 Å². The van der Waals surface area contributed by atoms with Gasteiger partial charge in [-0.25, -0.2) is 0 Å². The van der Waals surface area contributed by atoms with E-state index in [2.05, 4.69) is 37.8 Å². The van der Waals surface area contributed by atoms with Gasteiger partial charge in [0.1, 0.15) is 0 Å². The second kappa shape index (κ2) is 7.21. The van der Waals surface area contributed by atoms with Gasteiger partial charge in [0.2, 0.25) is 0 Å². The first kappa shape index (κ1) is 13.9. The SMILES string of the molecule is CCCC(C)CN(CCC)c1ccccc1N. The molecule has 0 heterocycles. The third-order valence-electron chi connectivity index (χ3n) is 3.08. The van der Waals surface area contributed by atoms with Crippen molar-refractivity contribution >= 4 is 11.4 Å². The van der Waals surface area contributed by atoms with Gasteiger partial charge in [-0.05, 0) is 30.9 Å². The molecule has 0 saturated heterocycles. The van der Waals surface area contributed by atoms with Gasteiger partial charge >= 0.3 is 0 Å². The lowest BCUT2D eigenvalue weighted by molar-refractivity contribution is 0.511. The quantitative estimate of drug-likeness (QED) is 0.724. The highest BCUT2D eigenvalue weighted by atomic mass is 15.1. The first-order valence-electron chi connectivity index (χ1n) is 6.78. The van der Waals surface area contributed by atoms with Crippen LogP contribution in [0.5, 0.6) is 0 Å². The summed E-state index contributed by atoms with van der Waals surface area (Å²) in [5.41, 5.74) is 8.14. The zero-order valence-corrected chi connectivity index (χ0v) is 11.4. The van der Waals surface area contributed by atoms with Crippen LogP contribution in [-0.4, -0.2) is 13.1 Å². The molecule has 1 aromatic rings. The molecule has 0 aromatic heterocycles. The summed E-state index contributed by atoms with van der Waals surface area (Å²) in [5, 5.41) is 0. The zero-order valence-electron chi connectivity index (χ0n) is 11.4. The van der Waals surface area contributed by atoms with Gasteiger partial charge in [0, 0.05) is 13.1 Å². The van der Waals surface area contributed by atoms with Crippen LogP contribution in [0.15, 0.2) is 24.3 Å². The van der Waals surface area contributed by atoms with Crippen molar-refractivity contribution in [3.05, 3.63) is 24.3 Å². The lowest BCUT2D eigenvalue weighted by Crippen LogP contribution is -2.29. The van der Waals surface area contributed by atoms with E-state index in [1.54, 1.807) is 0 Å². The first-order valence-corrected chi connectivity index (χ1v) is 6.78. The Morgan fingerprint density at radius 2 is 1.88 bits per heavy atom. The largest absolute Gasteiger partial charge is 0.397 e. The number of nitrogen functional groups attached to an aromatic ring is 1. The Hall–Kier alpha value is -1.18. The summed E-state index contributed by atoms with van der Waals surface area (Å²) in [4.78, 5) is 2.43. The molecule has 0 bridgehead atoms. The smallest absolute Gasteiger partial charge is 0.0600 e. The van der Waals surface area contributed by atoms with Gasteiger partial charge in [-0.15, -0.1) is 0 Å². The molecule has 0 saturated carbocycles. The van der Waals surface area contributed by atoms with Crippen molar-refractivity contribution in [1.82, 2.24) is 0 Å². The third kappa shape index (κ3) is 4.29. The van der Waals surface area contributed by atoms with E-state index < -0.39 is 0 Å². The van der Waals surface area contributed by atoms with Gasteiger partial charge < -0.3 is 10.6 Å². The molecule has 96 valence electrons. The van der Waals surface area contributed by atoms with Crippen LogP contribution in [0.4, 0.5) is 11.4 Å². The average Bonchev–Trinajstić information content (AvgIpc) is 2.29. The van der Waals surface area contributed by atoms with E-state index >= 15 is 0 Å². The molecule has 1 rings (SSSR count). The second-order valence-electron chi connectivity index (χ2n) is 4.90. The molecule has 17 heavy (non-hydrogen) atoms.